The van der Waals surface area contributed by atoms with Crippen LogP contribution in [0, 0.1) is 0 Å². The number of benzene rings is 1. The predicted octanol–water partition coefficient (Wildman–Crippen LogP) is 3.95. The van der Waals surface area contributed by atoms with E-state index >= 15 is 0 Å². The number of rotatable bonds is 7. The molecular weight excluding hydrogens is 362 g/mol. The standard InChI is InChI=1S/C20H19N3O3S/c1-2-26-20(25)14-6-8-15(9-7-14)22-18(24)11-10-16-13-27-19(23-16)17-5-3-4-12-21-17/h3-9,12-13H,2,10-11H2,1H3,(H,22,24). The van der Waals surface area contributed by atoms with Crippen LogP contribution in [0.3, 0.4) is 0 Å². The molecule has 1 aromatic carbocycles. The first-order valence-electron chi connectivity index (χ1n) is 8.58. The number of aryl methyl sites for hydroxylation is 1. The van der Waals surface area contributed by atoms with Gasteiger partial charge in [0.05, 0.1) is 23.6 Å². The Balaban J connectivity index is 1.51. The van der Waals surface area contributed by atoms with Crippen LogP contribution in [-0.4, -0.2) is 28.5 Å². The van der Waals surface area contributed by atoms with E-state index in [1.807, 2.05) is 23.6 Å². The molecule has 2 aromatic heterocycles. The second-order valence-corrected chi connectivity index (χ2v) is 6.56. The summed E-state index contributed by atoms with van der Waals surface area (Å²) in [6, 6.07) is 12.3. The summed E-state index contributed by atoms with van der Waals surface area (Å²) in [6.07, 6.45) is 2.61. The maximum Gasteiger partial charge on any atom is 0.338 e. The van der Waals surface area contributed by atoms with Gasteiger partial charge in [0.2, 0.25) is 5.91 Å². The van der Waals surface area contributed by atoms with Gasteiger partial charge in [-0.05, 0) is 49.7 Å². The van der Waals surface area contributed by atoms with Crippen molar-refractivity contribution in [3.63, 3.8) is 0 Å². The van der Waals surface area contributed by atoms with Gasteiger partial charge in [-0.3, -0.25) is 9.78 Å². The highest BCUT2D eigenvalue weighted by atomic mass is 32.1. The van der Waals surface area contributed by atoms with Crippen molar-refractivity contribution in [3.05, 3.63) is 65.3 Å². The molecule has 0 saturated heterocycles. The lowest BCUT2D eigenvalue weighted by Crippen LogP contribution is -2.12. The molecule has 2 heterocycles. The molecule has 0 aliphatic carbocycles. The van der Waals surface area contributed by atoms with Gasteiger partial charge >= 0.3 is 5.97 Å². The predicted molar refractivity (Wildman–Crippen MR) is 105 cm³/mol. The molecule has 7 heteroatoms. The van der Waals surface area contributed by atoms with Crippen molar-refractivity contribution in [2.45, 2.75) is 19.8 Å². The number of nitrogens with one attached hydrogen (secondary N) is 1. The topological polar surface area (TPSA) is 81.2 Å². The molecule has 1 amide bonds. The maximum atomic E-state index is 12.1. The number of anilines is 1. The van der Waals surface area contributed by atoms with Crippen molar-refractivity contribution >= 4 is 28.9 Å². The molecule has 1 N–H and O–H groups in total. The van der Waals surface area contributed by atoms with E-state index in [1.54, 1.807) is 37.4 Å². The average Bonchev–Trinajstić information content (AvgIpc) is 3.17. The number of carbonyl (C=O) groups is 2. The molecule has 0 radical (unpaired) electrons. The van der Waals surface area contributed by atoms with Gasteiger partial charge in [0.1, 0.15) is 5.01 Å². The van der Waals surface area contributed by atoms with E-state index in [9.17, 15) is 9.59 Å². The lowest BCUT2D eigenvalue weighted by molar-refractivity contribution is -0.116. The lowest BCUT2D eigenvalue weighted by Gasteiger charge is -2.06. The van der Waals surface area contributed by atoms with E-state index in [0.29, 0.717) is 30.7 Å². The van der Waals surface area contributed by atoms with E-state index in [-0.39, 0.29) is 11.9 Å². The fourth-order valence-electron chi connectivity index (χ4n) is 2.40. The molecule has 0 saturated carbocycles. The number of ether oxygens (including phenoxy) is 1. The van der Waals surface area contributed by atoms with Crippen LogP contribution in [0.2, 0.25) is 0 Å². The van der Waals surface area contributed by atoms with Crippen LogP contribution in [0.1, 0.15) is 29.4 Å². The molecule has 3 rings (SSSR count). The number of hydrogen-bond donors (Lipinski definition) is 1. The second kappa shape index (κ2) is 9.05. The van der Waals surface area contributed by atoms with Crippen LogP contribution in [0.15, 0.2) is 54.0 Å². The minimum atomic E-state index is -0.373. The van der Waals surface area contributed by atoms with Crippen molar-refractivity contribution in [3.8, 4) is 10.7 Å². The van der Waals surface area contributed by atoms with Crippen LogP contribution in [0.25, 0.3) is 10.7 Å². The van der Waals surface area contributed by atoms with E-state index in [4.69, 9.17) is 4.74 Å². The molecule has 138 valence electrons. The molecule has 0 spiro atoms. The highest BCUT2D eigenvalue weighted by Gasteiger charge is 2.09. The van der Waals surface area contributed by atoms with E-state index < -0.39 is 0 Å². The van der Waals surface area contributed by atoms with Crippen LogP contribution in [-0.2, 0) is 16.0 Å². The third-order valence-electron chi connectivity index (χ3n) is 3.72. The third kappa shape index (κ3) is 5.21. The first kappa shape index (κ1) is 18.7. The Morgan fingerprint density at radius 1 is 1.15 bits per heavy atom. The van der Waals surface area contributed by atoms with E-state index in [0.717, 1.165) is 16.4 Å². The molecule has 0 unspecified atom stereocenters. The van der Waals surface area contributed by atoms with E-state index in [2.05, 4.69) is 15.3 Å². The van der Waals surface area contributed by atoms with Gasteiger partial charge in [-0.2, -0.15) is 0 Å². The van der Waals surface area contributed by atoms with Crippen molar-refractivity contribution in [1.82, 2.24) is 9.97 Å². The van der Waals surface area contributed by atoms with Gasteiger partial charge in [0, 0.05) is 23.7 Å². The normalized spacial score (nSPS) is 10.4. The van der Waals surface area contributed by atoms with Gasteiger partial charge in [-0.25, -0.2) is 9.78 Å². The van der Waals surface area contributed by atoms with E-state index in [1.165, 1.54) is 11.3 Å². The number of carbonyl (C=O) groups excluding carboxylic acids is 2. The summed E-state index contributed by atoms with van der Waals surface area (Å²) in [4.78, 5) is 32.6. The van der Waals surface area contributed by atoms with Gasteiger partial charge in [-0.1, -0.05) is 6.07 Å². The monoisotopic (exact) mass is 381 g/mol. The molecule has 0 atom stereocenters. The number of nitrogens with zero attached hydrogens (tertiary/aromatic N) is 2. The largest absolute Gasteiger partial charge is 0.462 e. The summed E-state index contributed by atoms with van der Waals surface area (Å²) >= 11 is 1.52. The fraction of sp³-hybridized carbons (Fsp3) is 0.200. The summed E-state index contributed by atoms with van der Waals surface area (Å²) in [5.74, 6) is -0.478. The average molecular weight is 381 g/mol. The molecule has 0 fully saturated rings. The number of amides is 1. The summed E-state index contributed by atoms with van der Waals surface area (Å²) < 4.78 is 4.93. The number of pyridine rings is 1. The molecule has 3 aromatic rings. The van der Waals surface area contributed by atoms with Crippen LogP contribution >= 0.6 is 11.3 Å². The van der Waals surface area contributed by atoms with Crippen molar-refractivity contribution in [1.29, 1.82) is 0 Å². The zero-order valence-corrected chi connectivity index (χ0v) is 15.7. The van der Waals surface area contributed by atoms with Crippen LogP contribution in [0.5, 0.6) is 0 Å². The Morgan fingerprint density at radius 3 is 2.67 bits per heavy atom. The third-order valence-corrected chi connectivity index (χ3v) is 4.64. The number of hydrogen-bond acceptors (Lipinski definition) is 6. The van der Waals surface area contributed by atoms with Crippen LogP contribution < -0.4 is 5.32 Å². The van der Waals surface area contributed by atoms with Crippen molar-refractivity contribution in [2.75, 3.05) is 11.9 Å². The fourth-order valence-corrected chi connectivity index (χ4v) is 3.23. The van der Waals surface area contributed by atoms with Crippen molar-refractivity contribution in [2.24, 2.45) is 0 Å². The number of thiazole rings is 1. The lowest BCUT2D eigenvalue weighted by atomic mass is 10.2. The first-order valence-corrected chi connectivity index (χ1v) is 9.46. The first-order chi connectivity index (χ1) is 13.2. The Bertz CT molecular complexity index is 908. The van der Waals surface area contributed by atoms with Crippen molar-refractivity contribution < 1.29 is 14.3 Å². The summed E-state index contributed by atoms with van der Waals surface area (Å²) in [5.41, 5.74) is 2.80. The summed E-state index contributed by atoms with van der Waals surface area (Å²) in [7, 11) is 0. The Hall–Kier alpha value is -3.06. The smallest absolute Gasteiger partial charge is 0.338 e. The van der Waals surface area contributed by atoms with Gasteiger partial charge < -0.3 is 10.1 Å². The summed E-state index contributed by atoms with van der Waals surface area (Å²) in [6.45, 7) is 2.09. The molecule has 0 aliphatic rings. The quantitative estimate of drug-likeness (QED) is 0.627. The van der Waals surface area contributed by atoms with Crippen LogP contribution in [0.4, 0.5) is 5.69 Å². The zero-order valence-electron chi connectivity index (χ0n) is 14.8. The maximum absolute atomic E-state index is 12.1. The molecule has 0 aliphatic heterocycles. The highest BCUT2D eigenvalue weighted by molar-refractivity contribution is 7.13. The van der Waals surface area contributed by atoms with Gasteiger partial charge in [0.15, 0.2) is 0 Å². The minimum absolute atomic E-state index is 0.105. The second-order valence-electron chi connectivity index (χ2n) is 5.70. The summed E-state index contributed by atoms with van der Waals surface area (Å²) in [5, 5.41) is 5.62. The highest BCUT2D eigenvalue weighted by Crippen LogP contribution is 2.22. The van der Waals surface area contributed by atoms with Gasteiger partial charge in [0.25, 0.3) is 0 Å². The SMILES string of the molecule is CCOC(=O)c1ccc(NC(=O)CCc2csc(-c3ccccn3)n2)cc1. The number of aromatic nitrogens is 2. The Labute approximate surface area is 161 Å². The molecular formula is C20H19N3O3S. The zero-order chi connectivity index (χ0) is 19.1. The minimum Gasteiger partial charge on any atom is -0.462 e. The van der Waals surface area contributed by atoms with Gasteiger partial charge in [-0.15, -0.1) is 11.3 Å². The Morgan fingerprint density at radius 2 is 1.96 bits per heavy atom. The number of esters is 1. The molecule has 0 bridgehead atoms. The molecule has 27 heavy (non-hydrogen) atoms. The Kier molecular flexibility index (Phi) is 6.27. The molecule has 6 nitrogen and oxygen atoms in total.